The van der Waals surface area contributed by atoms with E-state index >= 15 is 0 Å². The quantitative estimate of drug-likeness (QED) is 0.739. The summed E-state index contributed by atoms with van der Waals surface area (Å²) < 4.78 is 5.98. The fourth-order valence-corrected chi connectivity index (χ4v) is 2.85. The summed E-state index contributed by atoms with van der Waals surface area (Å²) in [5.74, 6) is 0.678. The Morgan fingerprint density at radius 3 is 2.61 bits per heavy atom. The molecule has 1 N–H and O–H groups in total. The molecule has 0 saturated carbocycles. The Balaban J connectivity index is 2.46. The first-order valence-corrected chi connectivity index (χ1v) is 7.48. The third-order valence-corrected chi connectivity index (χ3v) is 3.89. The van der Waals surface area contributed by atoms with Gasteiger partial charge in [0.2, 0.25) is 0 Å². The van der Waals surface area contributed by atoms with Crippen molar-refractivity contribution in [3.8, 4) is 0 Å². The maximum absolute atomic E-state index is 5.98. The zero-order valence-corrected chi connectivity index (χ0v) is 13.1. The molecule has 3 heteroatoms. The number of hydrogen-bond acceptors (Lipinski definition) is 3. The van der Waals surface area contributed by atoms with E-state index in [9.17, 15) is 0 Å². The maximum Gasteiger partial charge on any atom is 0.0757 e. The second-order valence-electron chi connectivity index (χ2n) is 6.54. The lowest BCUT2D eigenvalue weighted by molar-refractivity contribution is -0.140. The molecule has 108 valence electrons. The van der Waals surface area contributed by atoms with Crippen LogP contribution in [-0.4, -0.2) is 48.8 Å². The number of nitrogens with one attached hydrogen (secondary N) is 1. The first-order valence-electron chi connectivity index (χ1n) is 7.48. The molecule has 3 unspecified atom stereocenters. The highest BCUT2D eigenvalue weighted by Gasteiger charge is 2.34. The smallest absolute Gasteiger partial charge is 0.0757 e. The number of rotatable bonds is 6. The van der Waals surface area contributed by atoms with Gasteiger partial charge in [-0.3, -0.25) is 4.90 Å². The zero-order chi connectivity index (χ0) is 13.8. The molecular formula is C15H32N2O. The first kappa shape index (κ1) is 15.9. The minimum absolute atomic E-state index is 0.0114. The van der Waals surface area contributed by atoms with Crippen molar-refractivity contribution >= 4 is 0 Å². The van der Waals surface area contributed by atoms with Crippen molar-refractivity contribution in [2.75, 3.05) is 26.2 Å². The molecule has 0 aromatic heterocycles. The van der Waals surface area contributed by atoms with Gasteiger partial charge in [0.25, 0.3) is 0 Å². The monoisotopic (exact) mass is 256 g/mol. The van der Waals surface area contributed by atoms with Crippen molar-refractivity contribution in [1.82, 2.24) is 10.2 Å². The van der Waals surface area contributed by atoms with Crippen LogP contribution in [0.15, 0.2) is 0 Å². The summed E-state index contributed by atoms with van der Waals surface area (Å²) >= 11 is 0. The second-order valence-corrected chi connectivity index (χ2v) is 6.54. The molecule has 1 fully saturated rings. The lowest BCUT2D eigenvalue weighted by atomic mass is 9.97. The van der Waals surface area contributed by atoms with E-state index in [1.54, 1.807) is 0 Å². The van der Waals surface area contributed by atoms with Crippen molar-refractivity contribution in [3.63, 3.8) is 0 Å². The van der Waals surface area contributed by atoms with Crippen molar-refractivity contribution < 1.29 is 4.74 Å². The van der Waals surface area contributed by atoms with E-state index in [0.717, 1.165) is 26.2 Å². The molecule has 0 aliphatic carbocycles. The Labute approximate surface area is 113 Å². The van der Waals surface area contributed by atoms with Crippen molar-refractivity contribution in [2.45, 2.75) is 65.7 Å². The fourth-order valence-electron chi connectivity index (χ4n) is 2.85. The molecule has 0 radical (unpaired) electrons. The molecule has 3 nitrogen and oxygen atoms in total. The molecule has 1 aliphatic rings. The van der Waals surface area contributed by atoms with E-state index in [1.165, 1.54) is 6.42 Å². The number of ether oxygens (including phenoxy) is 1. The summed E-state index contributed by atoms with van der Waals surface area (Å²) in [6, 6.07) is 0.611. The molecule has 0 aromatic carbocycles. The van der Waals surface area contributed by atoms with E-state index in [-0.39, 0.29) is 5.60 Å². The van der Waals surface area contributed by atoms with Gasteiger partial charge in [-0.15, -0.1) is 0 Å². The molecule has 1 saturated heterocycles. The highest BCUT2D eigenvalue weighted by Crippen LogP contribution is 2.24. The Bertz CT molecular complexity index is 243. The summed E-state index contributed by atoms with van der Waals surface area (Å²) in [6.07, 6.45) is 1.55. The van der Waals surface area contributed by atoms with E-state index in [0.29, 0.717) is 18.1 Å². The van der Waals surface area contributed by atoms with Crippen LogP contribution >= 0.6 is 0 Å². The maximum atomic E-state index is 5.98. The Hall–Kier alpha value is -0.120. The topological polar surface area (TPSA) is 24.5 Å². The van der Waals surface area contributed by atoms with Gasteiger partial charge in [0.1, 0.15) is 0 Å². The molecule has 0 spiro atoms. The van der Waals surface area contributed by atoms with E-state index in [1.807, 2.05) is 0 Å². The van der Waals surface area contributed by atoms with Gasteiger partial charge >= 0.3 is 0 Å². The van der Waals surface area contributed by atoms with E-state index in [2.05, 4.69) is 51.8 Å². The molecular weight excluding hydrogens is 224 g/mol. The molecule has 3 atom stereocenters. The third-order valence-electron chi connectivity index (χ3n) is 3.89. The standard InChI is InChI=1S/C15H32N2O/c1-7-8-16-9-12(2)14(4)17-10-13(3)18-15(5,6)11-17/h12-14,16H,7-11H2,1-6H3. The molecule has 1 rings (SSSR count). The van der Waals surface area contributed by atoms with Crippen molar-refractivity contribution in [3.05, 3.63) is 0 Å². The summed E-state index contributed by atoms with van der Waals surface area (Å²) in [5.41, 5.74) is -0.0114. The molecule has 1 aliphatic heterocycles. The lowest BCUT2D eigenvalue weighted by Crippen LogP contribution is -2.56. The van der Waals surface area contributed by atoms with Crippen LogP contribution in [0.3, 0.4) is 0 Å². The molecule has 0 aromatic rings. The lowest BCUT2D eigenvalue weighted by Gasteiger charge is -2.45. The Morgan fingerprint density at radius 2 is 2.06 bits per heavy atom. The first-order chi connectivity index (χ1) is 8.35. The zero-order valence-electron chi connectivity index (χ0n) is 13.1. The highest BCUT2D eigenvalue weighted by atomic mass is 16.5. The number of nitrogens with zero attached hydrogens (tertiary/aromatic N) is 1. The average molecular weight is 256 g/mol. The Kier molecular flexibility index (Phi) is 6.09. The van der Waals surface area contributed by atoms with Gasteiger partial charge in [-0.1, -0.05) is 13.8 Å². The van der Waals surface area contributed by atoms with Crippen molar-refractivity contribution in [2.24, 2.45) is 5.92 Å². The SMILES string of the molecule is CCCNCC(C)C(C)N1CC(C)OC(C)(C)C1. The van der Waals surface area contributed by atoms with Crippen LogP contribution in [0, 0.1) is 5.92 Å². The Morgan fingerprint density at radius 1 is 1.39 bits per heavy atom. The number of morpholine rings is 1. The van der Waals surface area contributed by atoms with Crippen LogP contribution < -0.4 is 5.32 Å². The van der Waals surface area contributed by atoms with Gasteiger partial charge in [-0.25, -0.2) is 0 Å². The van der Waals surface area contributed by atoms with Crippen LogP contribution in [-0.2, 0) is 4.74 Å². The predicted octanol–water partition coefficient (Wildman–Crippen LogP) is 2.51. The highest BCUT2D eigenvalue weighted by molar-refractivity contribution is 4.87. The van der Waals surface area contributed by atoms with Gasteiger partial charge in [0.15, 0.2) is 0 Å². The minimum atomic E-state index is -0.0114. The molecule has 0 amide bonds. The van der Waals surface area contributed by atoms with Crippen LogP contribution in [0.4, 0.5) is 0 Å². The van der Waals surface area contributed by atoms with Crippen molar-refractivity contribution in [1.29, 1.82) is 0 Å². The predicted molar refractivity (Wildman–Crippen MR) is 78.0 cm³/mol. The summed E-state index contributed by atoms with van der Waals surface area (Å²) in [5, 5.41) is 3.53. The number of hydrogen-bond donors (Lipinski definition) is 1. The largest absolute Gasteiger partial charge is 0.370 e. The third kappa shape index (κ3) is 4.87. The molecule has 1 heterocycles. The normalized spacial score (nSPS) is 28.0. The van der Waals surface area contributed by atoms with Gasteiger partial charge in [0.05, 0.1) is 11.7 Å². The van der Waals surface area contributed by atoms with E-state index in [4.69, 9.17) is 4.74 Å². The summed E-state index contributed by atoms with van der Waals surface area (Å²) in [4.78, 5) is 2.59. The van der Waals surface area contributed by atoms with Crippen LogP contribution in [0.2, 0.25) is 0 Å². The second kappa shape index (κ2) is 6.88. The van der Waals surface area contributed by atoms with Gasteiger partial charge < -0.3 is 10.1 Å². The van der Waals surface area contributed by atoms with Gasteiger partial charge in [-0.2, -0.15) is 0 Å². The van der Waals surface area contributed by atoms with E-state index < -0.39 is 0 Å². The van der Waals surface area contributed by atoms with Gasteiger partial charge in [-0.05, 0) is 53.1 Å². The average Bonchev–Trinajstić information content (AvgIpc) is 2.25. The minimum Gasteiger partial charge on any atom is -0.370 e. The summed E-state index contributed by atoms with van der Waals surface area (Å²) in [7, 11) is 0. The van der Waals surface area contributed by atoms with Gasteiger partial charge in [0, 0.05) is 19.1 Å². The van der Waals surface area contributed by atoms with Crippen LogP contribution in [0.5, 0.6) is 0 Å². The molecule has 18 heavy (non-hydrogen) atoms. The fraction of sp³-hybridized carbons (Fsp3) is 1.00. The van der Waals surface area contributed by atoms with Crippen LogP contribution in [0.1, 0.15) is 48.0 Å². The summed E-state index contributed by atoms with van der Waals surface area (Å²) in [6.45, 7) is 17.8. The van der Waals surface area contributed by atoms with Crippen LogP contribution in [0.25, 0.3) is 0 Å². The molecule has 0 bridgehead atoms.